The third-order valence-electron chi connectivity index (χ3n) is 4.72. The summed E-state index contributed by atoms with van der Waals surface area (Å²) >= 11 is 1.16. The van der Waals surface area contributed by atoms with Crippen LogP contribution in [0.3, 0.4) is 0 Å². The summed E-state index contributed by atoms with van der Waals surface area (Å²) in [5.41, 5.74) is 4.67. The smallest absolute Gasteiger partial charge is 0.279 e. The lowest BCUT2D eigenvalue weighted by molar-refractivity contribution is -0.134. The third kappa shape index (κ3) is 5.35. The zero-order valence-electron chi connectivity index (χ0n) is 16.2. The second kappa shape index (κ2) is 9.54. The Morgan fingerprint density at radius 3 is 2.43 bits per heavy atom. The summed E-state index contributed by atoms with van der Waals surface area (Å²) in [5.74, 6) is -1.45. The van der Waals surface area contributed by atoms with Gasteiger partial charge in [-0.05, 0) is 55.5 Å². The summed E-state index contributed by atoms with van der Waals surface area (Å²) in [6.45, 7) is 1.96. The van der Waals surface area contributed by atoms with Crippen LogP contribution in [-0.2, 0) is 19.6 Å². The van der Waals surface area contributed by atoms with Crippen molar-refractivity contribution in [2.24, 2.45) is 5.92 Å². The topological polar surface area (TPSA) is 105 Å². The first-order chi connectivity index (χ1) is 14.3. The van der Waals surface area contributed by atoms with Crippen molar-refractivity contribution in [3.8, 4) is 5.75 Å². The van der Waals surface area contributed by atoms with Crippen LogP contribution < -0.4 is 15.6 Å². The van der Waals surface area contributed by atoms with Crippen LogP contribution in [0.2, 0.25) is 0 Å². The van der Waals surface area contributed by atoms with Gasteiger partial charge in [-0.1, -0.05) is 6.07 Å². The van der Waals surface area contributed by atoms with Gasteiger partial charge >= 0.3 is 0 Å². The van der Waals surface area contributed by atoms with Gasteiger partial charge in [-0.3, -0.25) is 20.4 Å². The molecule has 1 fully saturated rings. The van der Waals surface area contributed by atoms with Crippen molar-refractivity contribution in [1.29, 1.82) is 0 Å². The molecule has 0 spiro atoms. The van der Waals surface area contributed by atoms with Crippen molar-refractivity contribution in [3.05, 3.63) is 47.6 Å². The lowest BCUT2D eigenvalue weighted by atomic mass is 9.98. The van der Waals surface area contributed by atoms with Gasteiger partial charge < -0.3 is 4.74 Å². The first-order valence-corrected chi connectivity index (χ1v) is 11.6. The van der Waals surface area contributed by atoms with E-state index in [-0.39, 0.29) is 23.2 Å². The fourth-order valence-corrected chi connectivity index (χ4v) is 5.61. The van der Waals surface area contributed by atoms with Crippen LogP contribution in [-0.4, -0.2) is 43.7 Å². The number of carbonyl (C=O) groups excluding carboxylic acids is 2. The van der Waals surface area contributed by atoms with Crippen molar-refractivity contribution >= 4 is 33.2 Å². The zero-order chi connectivity index (χ0) is 21.7. The van der Waals surface area contributed by atoms with E-state index < -0.39 is 33.8 Å². The number of piperidine rings is 1. The van der Waals surface area contributed by atoms with Gasteiger partial charge in [0.15, 0.2) is 6.10 Å². The quantitative estimate of drug-likeness (QED) is 0.648. The summed E-state index contributed by atoms with van der Waals surface area (Å²) in [4.78, 5) is 24.4. The number of rotatable bonds is 6. The molecule has 0 aliphatic carbocycles. The molecule has 1 aliphatic heterocycles. The molecule has 0 bridgehead atoms. The van der Waals surface area contributed by atoms with E-state index >= 15 is 0 Å². The molecule has 1 saturated heterocycles. The van der Waals surface area contributed by atoms with E-state index in [2.05, 4.69) is 10.9 Å². The number of carbonyl (C=O) groups is 2. The minimum atomic E-state index is -3.53. The first kappa shape index (κ1) is 22.2. The maximum Gasteiger partial charge on any atom is 0.279 e. The highest BCUT2D eigenvalue weighted by Gasteiger charge is 2.32. The highest BCUT2D eigenvalue weighted by atomic mass is 32.2. The molecule has 2 amide bonds. The zero-order valence-corrected chi connectivity index (χ0v) is 17.8. The van der Waals surface area contributed by atoms with Crippen molar-refractivity contribution in [2.45, 2.75) is 30.1 Å². The van der Waals surface area contributed by atoms with Crippen LogP contribution in [0.4, 0.5) is 4.39 Å². The average molecular weight is 456 g/mol. The number of hydrogen-bond donors (Lipinski definition) is 2. The molecule has 3 rings (SSSR count). The summed E-state index contributed by atoms with van der Waals surface area (Å²) in [7, 11) is -3.53. The minimum absolute atomic E-state index is 0.232. The molecule has 8 nitrogen and oxygen atoms in total. The Bertz CT molecular complexity index is 972. The standard InChI is InChI=1S/C19H22FN3O5S2/c1-13(28-16-6-4-15(20)5-7-16)18(24)21-22-19(25)14-8-10-23(11-9-14)30(26,27)17-3-2-12-29-17/h2-7,12-14H,8-11H2,1H3,(H,21,24)(H,22,25). The van der Waals surface area contributed by atoms with E-state index in [9.17, 15) is 22.4 Å². The summed E-state index contributed by atoms with van der Waals surface area (Å²) < 4.78 is 45.0. The first-order valence-electron chi connectivity index (χ1n) is 9.33. The van der Waals surface area contributed by atoms with E-state index in [4.69, 9.17) is 4.74 Å². The highest BCUT2D eigenvalue weighted by molar-refractivity contribution is 7.91. The molecule has 1 atom stereocenters. The van der Waals surface area contributed by atoms with Crippen LogP contribution in [0, 0.1) is 11.7 Å². The Labute approximate surface area is 178 Å². The predicted molar refractivity (Wildman–Crippen MR) is 109 cm³/mol. The largest absolute Gasteiger partial charge is 0.481 e. The number of sulfonamides is 1. The second-order valence-electron chi connectivity index (χ2n) is 6.80. The fourth-order valence-electron chi connectivity index (χ4n) is 2.99. The molecular formula is C19H22FN3O5S2. The van der Waals surface area contributed by atoms with Crippen LogP contribution in [0.25, 0.3) is 0 Å². The van der Waals surface area contributed by atoms with Crippen LogP contribution >= 0.6 is 11.3 Å². The molecule has 0 radical (unpaired) electrons. The van der Waals surface area contributed by atoms with Crippen LogP contribution in [0.1, 0.15) is 19.8 Å². The number of benzene rings is 1. The SMILES string of the molecule is CC(Oc1ccc(F)cc1)C(=O)NNC(=O)C1CCN(S(=O)(=O)c2cccs2)CC1. The molecule has 162 valence electrons. The molecule has 11 heteroatoms. The Balaban J connectivity index is 1.44. The Hall–Kier alpha value is -2.50. The second-order valence-corrected chi connectivity index (χ2v) is 9.92. The Morgan fingerprint density at radius 2 is 1.83 bits per heavy atom. The Morgan fingerprint density at radius 1 is 1.17 bits per heavy atom. The summed E-state index contributed by atoms with van der Waals surface area (Å²) in [5, 5.41) is 1.70. The molecule has 1 aliphatic rings. The van der Waals surface area contributed by atoms with Gasteiger partial charge in [0.25, 0.3) is 15.9 Å². The van der Waals surface area contributed by atoms with Gasteiger partial charge in [0.05, 0.1) is 0 Å². The Kier molecular flexibility index (Phi) is 7.06. The number of nitrogens with zero attached hydrogens (tertiary/aromatic N) is 1. The van der Waals surface area contributed by atoms with E-state index in [1.54, 1.807) is 17.5 Å². The summed E-state index contributed by atoms with van der Waals surface area (Å²) in [6, 6.07) is 8.47. The van der Waals surface area contributed by atoms with Gasteiger partial charge in [0, 0.05) is 19.0 Å². The molecule has 2 heterocycles. The van der Waals surface area contributed by atoms with E-state index in [0.717, 1.165) is 11.3 Å². The predicted octanol–water partition coefficient (Wildman–Crippen LogP) is 1.90. The van der Waals surface area contributed by atoms with E-state index in [1.165, 1.54) is 35.5 Å². The highest BCUT2D eigenvalue weighted by Crippen LogP contribution is 2.26. The average Bonchev–Trinajstić information content (AvgIpc) is 3.29. The van der Waals surface area contributed by atoms with Crippen LogP contribution in [0.15, 0.2) is 46.0 Å². The van der Waals surface area contributed by atoms with Crippen LogP contribution in [0.5, 0.6) is 5.75 Å². The maximum atomic E-state index is 12.9. The van der Waals surface area contributed by atoms with Crippen molar-refractivity contribution in [2.75, 3.05) is 13.1 Å². The number of ether oxygens (including phenoxy) is 1. The number of halogens is 1. The number of thiophene rings is 1. The van der Waals surface area contributed by atoms with Crippen molar-refractivity contribution in [1.82, 2.24) is 15.2 Å². The molecule has 2 N–H and O–H groups in total. The lowest BCUT2D eigenvalue weighted by Gasteiger charge is -2.30. The monoisotopic (exact) mass is 455 g/mol. The molecule has 1 aromatic heterocycles. The number of hydrazine groups is 1. The third-order valence-corrected chi connectivity index (χ3v) is 7.99. The molecular weight excluding hydrogens is 433 g/mol. The molecule has 30 heavy (non-hydrogen) atoms. The van der Waals surface area contributed by atoms with Crippen molar-refractivity contribution in [3.63, 3.8) is 0 Å². The molecule has 1 aromatic carbocycles. The number of nitrogens with one attached hydrogen (secondary N) is 2. The number of amides is 2. The molecule has 0 saturated carbocycles. The minimum Gasteiger partial charge on any atom is -0.481 e. The van der Waals surface area contributed by atoms with E-state index in [0.29, 0.717) is 18.6 Å². The molecule has 2 aromatic rings. The summed E-state index contributed by atoms with van der Waals surface area (Å²) in [6.07, 6.45) is -0.199. The molecule has 1 unspecified atom stereocenters. The van der Waals surface area contributed by atoms with Gasteiger partial charge in [-0.15, -0.1) is 11.3 Å². The van der Waals surface area contributed by atoms with Gasteiger partial charge in [0.2, 0.25) is 5.91 Å². The van der Waals surface area contributed by atoms with Gasteiger partial charge in [-0.25, -0.2) is 12.8 Å². The van der Waals surface area contributed by atoms with Gasteiger partial charge in [-0.2, -0.15) is 4.31 Å². The van der Waals surface area contributed by atoms with Gasteiger partial charge in [0.1, 0.15) is 15.8 Å². The van der Waals surface area contributed by atoms with Crippen molar-refractivity contribution < 1.29 is 27.1 Å². The fraction of sp³-hybridized carbons (Fsp3) is 0.368. The lowest BCUT2D eigenvalue weighted by Crippen LogP contribution is -2.50. The maximum absolute atomic E-state index is 12.9. The normalized spacial score (nSPS) is 16.6. The van der Waals surface area contributed by atoms with E-state index in [1.807, 2.05) is 0 Å². The number of hydrogen-bond acceptors (Lipinski definition) is 6.